The van der Waals surface area contributed by atoms with Gasteiger partial charge in [0.15, 0.2) is 23.8 Å². The van der Waals surface area contributed by atoms with E-state index in [0.29, 0.717) is 0 Å². The van der Waals surface area contributed by atoms with E-state index in [1.807, 2.05) is 0 Å². The van der Waals surface area contributed by atoms with Crippen LogP contribution < -0.4 is 0 Å². The summed E-state index contributed by atoms with van der Waals surface area (Å²) < 4.78 is 9.75. The zero-order valence-electron chi connectivity index (χ0n) is 5.20. The monoisotopic (exact) mass is 142 g/mol. The van der Waals surface area contributed by atoms with Gasteiger partial charge in [-0.3, -0.25) is 9.59 Å². The minimum absolute atomic E-state index is 0.0288. The van der Waals surface area contributed by atoms with Gasteiger partial charge in [-0.15, -0.1) is 0 Å². The highest BCUT2D eigenvalue weighted by atomic mass is 16.6. The van der Waals surface area contributed by atoms with Crippen LogP contribution in [0.4, 0.5) is 0 Å². The molecule has 2 aliphatic rings. The minimum Gasteiger partial charge on any atom is -0.359 e. The van der Waals surface area contributed by atoms with Crippen molar-refractivity contribution in [1.29, 1.82) is 0 Å². The van der Waals surface area contributed by atoms with E-state index in [2.05, 4.69) is 0 Å². The van der Waals surface area contributed by atoms with Crippen molar-refractivity contribution in [3.63, 3.8) is 0 Å². The van der Waals surface area contributed by atoms with Crippen LogP contribution in [-0.4, -0.2) is 37.0 Å². The van der Waals surface area contributed by atoms with Crippen LogP contribution >= 0.6 is 0 Å². The third kappa shape index (κ3) is 0.629. The van der Waals surface area contributed by atoms with Crippen LogP contribution in [0.15, 0.2) is 0 Å². The molecular formula is C6H6O4. The van der Waals surface area contributed by atoms with Gasteiger partial charge in [0.05, 0.1) is 0 Å². The predicted molar refractivity (Wildman–Crippen MR) is 29.5 cm³/mol. The molecule has 2 fully saturated rings. The second kappa shape index (κ2) is 1.87. The Morgan fingerprint density at radius 2 is 1.40 bits per heavy atom. The Balaban J connectivity index is 2.24. The normalized spacial score (nSPS) is 38.8. The van der Waals surface area contributed by atoms with Crippen molar-refractivity contribution in [3.05, 3.63) is 0 Å². The molecule has 0 N–H and O–H groups in total. The van der Waals surface area contributed by atoms with Crippen LogP contribution in [0.5, 0.6) is 0 Å². The molecule has 2 saturated heterocycles. The Kier molecular flexibility index (Phi) is 1.12. The molecule has 54 valence electrons. The zero-order chi connectivity index (χ0) is 7.14. The van der Waals surface area contributed by atoms with Gasteiger partial charge in [-0.2, -0.15) is 0 Å². The van der Waals surface area contributed by atoms with E-state index >= 15 is 0 Å². The number of carbonyl (C=O) groups excluding carboxylic acids is 2. The number of ether oxygens (including phenoxy) is 2. The van der Waals surface area contributed by atoms with Crippen LogP contribution in [0.2, 0.25) is 0 Å². The number of hydrogen-bond donors (Lipinski definition) is 0. The number of ketones is 2. The highest BCUT2D eigenvalue weighted by Crippen LogP contribution is 2.20. The first-order valence-electron chi connectivity index (χ1n) is 3.07. The summed E-state index contributed by atoms with van der Waals surface area (Å²) >= 11 is 0. The third-order valence-corrected chi connectivity index (χ3v) is 1.72. The van der Waals surface area contributed by atoms with Crippen molar-refractivity contribution >= 4 is 11.6 Å². The molecule has 0 bridgehead atoms. The number of hydrogen-bond acceptors (Lipinski definition) is 4. The molecule has 0 saturated carbocycles. The molecule has 4 heteroatoms. The molecule has 0 spiro atoms. The van der Waals surface area contributed by atoms with E-state index in [1.165, 1.54) is 0 Å². The smallest absolute Gasteiger partial charge is 0.190 e. The molecule has 0 aromatic rings. The standard InChI is InChI=1S/C6H6O4/c7-3-1-9-6-4(8)2-10-5(3)6/h5-6H,1-2H2/t5-,6+. The van der Waals surface area contributed by atoms with Gasteiger partial charge in [0.2, 0.25) is 0 Å². The topological polar surface area (TPSA) is 52.6 Å². The lowest BCUT2D eigenvalue weighted by Crippen LogP contribution is -2.25. The summed E-state index contributed by atoms with van der Waals surface area (Å²) in [6.45, 7) is 0.0577. The van der Waals surface area contributed by atoms with E-state index in [9.17, 15) is 9.59 Å². The molecule has 2 heterocycles. The molecule has 0 aliphatic carbocycles. The fourth-order valence-electron chi connectivity index (χ4n) is 1.21. The van der Waals surface area contributed by atoms with Gasteiger partial charge >= 0.3 is 0 Å². The maximum atomic E-state index is 10.8. The van der Waals surface area contributed by atoms with E-state index in [-0.39, 0.29) is 24.8 Å². The SMILES string of the molecule is O=C1CO[C@H]2C(=O)CO[C@H]12. The summed E-state index contributed by atoms with van der Waals surface area (Å²) in [4.78, 5) is 21.6. The van der Waals surface area contributed by atoms with Gasteiger partial charge in [-0.1, -0.05) is 0 Å². The number of rotatable bonds is 0. The second-order valence-corrected chi connectivity index (χ2v) is 2.40. The predicted octanol–water partition coefficient (Wildman–Crippen LogP) is -1.08. The number of carbonyl (C=O) groups is 2. The second-order valence-electron chi connectivity index (χ2n) is 2.40. The van der Waals surface area contributed by atoms with Crippen molar-refractivity contribution in [2.24, 2.45) is 0 Å². The van der Waals surface area contributed by atoms with Gasteiger partial charge in [0.25, 0.3) is 0 Å². The van der Waals surface area contributed by atoms with Gasteiger partial charge in [-0.25, -0.2) is 0 Å². The van der Waals surface area contributed by atoms with E-state index in [1.54, 1.807) is 0 Å². The number of Topliss-reactive ketones (excluding diaryl/α,β-unsaturated/α-hetero) is 2. The van der Waals surface area contributed by atoms with Crippen LogP contribution in [0.3, 0.4) is 0 Å². The summed E-state index contributed by atoms with van der Waals surface area (Å²) in [6.07, 6.45) is -1.18. The molecule has 0 aromatic carbocycles. The minimum atomic E-state index is -0.590. The van der Waals surface area contributed by atoms with Crippen LogP contribution in [-0.2, 0) is 19.1 Å². The van der Waals surface area contributed by atoms with E-state index in [0.717, 1.165) is 0 Å². The zero-order valence-corrected chi connectivity index (χ0v) is 5.20. The molecule has 2 atom stereocenters. The maximum absolute atomic E-state index is 10.8. The lowest BCUT2D eigenvalue weighted by Gasteiger charge is -1.99. The first-order valence-corrected chi connectivity index (χ1v) is 3.07. The van der Waals surface area contributed by atoms with Gasteiger partial charge in [0.1, 0.15) is 13.2 Å². The molecular weight excluding hydrogens is 136 g/mol. The fraction of sp³-hybridized carbons (Fsp3) is 0.667. The fourth-order valence-corrected chi connectivity index (χ4v) is 1.21. The van der Waals surface area contributed by atoms with Crippen molar-refractivity contribution in [1.82, 2.24) is 0 Å². The first kappa shape index (κ1) is 6.00. The molecule has 0 aromatic heterocycles. The largest absolute Gasteiger partial charge is 0.359 e. The summed E-state index contributed by atoms with van der Waals surface area (Å²) in [5.74, 6) is -0.230. The Hall–Kier alpha value is -0.740. The number of fused-ring (bicyclic) bond motifs is 1. The molecule has 0 unspecified atom stereocenters. The molecule has 4 nitrogen and oxygen atoms in total. The van der Waals surface area contributed by atoms with Crippen molar-refractivity contribution in [2.75, 3.05) is 13.2 Å². The average Bonchev–Trinajstić information content (AvgIpc) is 2.41. The first-order chi connectivity index (χ1) is 4.79. The average molecular weight is 142 g/mol. The highest BCUT2D eigenvalue weighted by Gasteiger charge is 2.46. The molecule has 0 amide bonds. The Morgan fingerprint density at radius 1 is 1.00 bits per heavy atom. The van der Waals surface area contributed by atoms with Crippen LogP contribution in [0.1, 0.15) is 0 Å². The molecule has 0 radical (unpaired) electrons. The summed E-state index contributed by atoms with van der Waals surface area (Å²) in [5, 5.41) is 0. The Bertz CT molecular complexity index is 176. The summed E-state index contributed by atoms with van der Waals surface area (Å²) in [6, 6.07) is 0. The summed E-state index contributed by atoms with van der Waals surface area (Å²) in [5.41, 5.74) is 0. The highest BCUT2D eigenvalue weighted by molar-refractivity contribution is 5.99. The van der Waals surface area contributed by atoms with Crippen LogP contribution in [0.25, 0.3) is 0 Å². The Labute approximate surface area is 57.1 Å². The third-order valence-electron chi connectivity index (χ3n) is 1.72. The van der Waals surface area contributed by atoms with Gasteiger partial charge in [-0.05, 0) is 0 Å². The lowest BCUT2D eigenvalue weighted by atomic mass is 10.1. The summed E-state index contributed by atoms with van der Waals surface area (Å²) in [7, 11) is 0. The van der Waals surface area contributed by atoms with Gasteiger partial charge in [0, 0.05) is 0 Å². The van der Waals surface area contributed by atoms with Crippen molar-refractivity contribution in [3.8, 4) is 0 Å². The maximum Gasteiger partial charge on any atom is 0.190 e. The van der Waals surface area contributed by atoms with E-state index in [4.69, 9.17) is 9.47 Å². The van der Waals surface area contributed by atoms with Crippen molar-refractivity contribution < 1.29 is 19.1 Å². The Morgan fingerprint density at radius 3 is 1.80 bits per heavy atom. The van der Waals surface area contributed by atoms with Crippen LogP contribution in [0, 0.1) is 0 Å². The lowest BCUT2D eigenvalue weighted by molar-refractivity contribution is -0.127. The quantitative estimate of drug-likeness (QED) is 0.431. The van der Waals surface area contributed by atoms with E-state index < -0.39 is 12.2 Å². The molecule has 2 rings (SSSR count). The molecule has 10 heavy (non-hydrogen) atoms. The molecule has 2 aliphatic heterocycles. The van der Waals surface area contributed by atoms with Gasteiger partial charge < -0.3 is 9.47 Å². The van der Waals surface area contributed by atoms with Crippen molar-refractivity contribution in [2.45, 2.75) is 12.2 Å².